The van der Waals surface area contributed by atoms with Gasteiger partial charge in [0.25, 0.3) is 0 Å². The van der Waals surface area contributed by atoms with E-state index in [1.54, 1.807) is 25.1 Å². The molecule has 0 aromatic heterocycles. The van der Waals surface area contributed by atoms with E-state index >= 15 is 0 Å². The molecule has 0 fully saturated rings. The zero-order chi connectivity index (χ0) is 11.5. The van der Waals surface area contributed by atoms with Crippen LogP contribution < -0.4 is 5.73 Å². The average molecular weight is 211 g/mol. The van der Waals surface area contributed by atoms with Crippen molar-refractivity contribution in [3.05, 3.63) is 35.6 Å². The minimum Gasteiger partial charge on any atom is -0.469 e. The maximum Gasteiger partial charge on any atom is 0.307 e. The third-order valence-electron chi connectivity index (χ3n) is 2.23. The van der Waals surface area contributed by atoms with Crippen LogP contribution in [0.25, 0.3) is 0 Å². The second kappa shape index (κ2) is 4.40. The summed E-state index contributed by atoms with van der Waals surface area (Å²) in [6.07, 6.45) is -0.0512. The highest BCUT2D eigenvalue weighted by atomic mass is 19.1. The Hall–Kier alpha value is -1.42. The van der Waals surface area contributed by atoms with Gasteiger partial charge in [0.15, 0.2) is 0 Å². The number of rotatable bonds is 3. The molecular formula is C11H14FNO2. The van der Waals surface area contributed by atoms with E-state index < -0.39 is 17.3 Å². The van der Waals surface area contributed by atoms with E-state index in [4.69, 9.17) is 5.73 Å². The first kappa shape index (κ1) is 11.7. The van der Waals surface area contributed by atoms with Crippen LogP contribution in [-0.2, 0) is 15.1 Å². The Bertz CT molecular complexity index is 363. The Morgan fingerprint density at radius 2 is 2.13 bits per heavy atom. The number of nitrogens with two attached hydrogens (primary N) is 1. The van der Waals surface area contributed by atoms with E-state index in [0.717, 1.165) is 0 Å². The average Bonchev–Trinajstić information content (AvgIpc) is 2.17. The first-order chi connectivity index (χ1) is 6.97. The van der Waals surface area contributed by atoms with Gasteiger partial charge in [0.2, 0.25) is 0 Å². The fourth-order valence-corrected chi connectivity index (χ4v) is 1.39. The second-order valence-corrected chi connectivity index (χ2v) is 3.65. The van der Waals surface area contributed by atoms with Crippen LogP contribution in [0.15, 0.2) is 24.3 Å². The monoisotopic (exact) mass is 211 g/mol. The zero-order valence-corrected chi connectivity index (χ0v) is 8.79. The number of esters is 1. The van der Waals surface area contributed by atoms with Gasteiger partial charge in [-0.3, -0.25) is 4.79 Å². The molecule has 15 heavy (non-hydrogen) atoms. The van der Waals surface area contributed by atoms with E-state index in [1.165, 1.54) is 13.2 Å². The minimum atomic E-state index is -1.04. The van der Waals surface area contributed by atoms with Crippen molar-refractivity contribution in [1.82, 2.24) is 0 Å². The molecule has 0 saturated heterocycles. The second-order valence-electron chi connectivity index (χ2n) is 3.65. The molecule has 1 aromatic rings. The predicted octanol–water partition coefficient (Wildman–Crippen LogP) is 1.56. The molecule has 0 aliphatic rings. The lowest BCUT2D eigenvalue weighted by Gasteiger charge is -2.24. The Balaban J connectivity index is 2.95. The maximum absolute atomic E-state index is 13.4. The lowest BCUT2D eigenvalue weighted by Crippen LogP contribution is -2.36. The molecule has 0 bridgehead atoms. The quantitative estimate of drug-likeness (QED) is 0.772. The smallest absolute Gasteiger partial charge is 0.307 e. The first-order valence-corrected chi connectivity index (χ1v) is 4.58. The summed E-state index contributed by atoms with van der Waals surface area (Å²) in [5.41, 5.74) is 5.15. The highest BCUT2D eigenvalue weighted by Crippen LogP contribution is 2.24. The highest BCUT2D eigenvalue weighted by Gasteiger charge is 2.27. The van der Waals surface area contributed by atoms with E-state index in [-0.39, 0.29) is 6.42 Å². The third-order valence-corrected chi connectivity index (χ3v) is 2.23. The van der Waals surface area contributed by atoms with Crippen molar-refractivity contribution in [2.45, 2.75) is 18.9 Å². The SMILES string of the molecule is COC(=O)C[C@](C)(N)c1ccccc1F. The molecule has 0 heterocycles. The van der Waals surface area contributed by atoms with Crippen molar-refractivity contribution in [2.75, 3.05) is 7.11 Å². The molecule has 0 aliphatic carbocycles. The van der Waals surface area contributed by atoms with Crippen molar-refractivity contribution >= 4 is 5.97 Å². The minimum absolute atomic E-state index is 0.0512. The molecule has 0 saturated carbocycles. The molecule has 0 amide bonds. The van der Waals surface area contributed by atoms with Crippen LogP contribution in [0.2, 0.25) is 0 Å². The van der Waals surface area contributed by atoms with Gasteiger partial charge in [-0.05, 0) is 13.0 Å². The molecule has 3 nitrogen and oxygen atoms in total. The summed E-state index contributed by atoms with van der Waals surface area (Å²) in [5.74, 6) is -0.866. The maximum atomic E-state index is 13.4. The van der Waals surface area contributed by atoms with Crippen molar-refractivity contribution in [1.29, 1.82) is 0 Å². The molecule has 0 spiro atoms. The number of carbonyl (C=O) groups is 1. The van der Waals surface area contributed by atoms with Crippen molar-refractivity contribution in [3.63, 3.8) is 0 Å². The number of ether oxygens (including phenoxy) is 1. The van der Waals surface area contributed by atoms with Crippen molar-refractivity contribution in [2.24, 2.45) is 5.73 Å². The van der Waals surface area contributed by atoms with Crippen LogP contribution in [0.1, 0.15) is 18.9 Å². The fourth-order valence-electron chi connectivity index (χ4n) is 1.39. The van der Waals surface area contributed by atoms with Gasteiger partial charge in [0.1, 0.15) is 5.82 Å². The normalized spacial score (nSPS) is 14.4. The van der Waals surface area contributed by atoms with Gasteiger partial charge in [-0.25, -0.2) is 4.39 Å². The van der Waals surface area contributed by atoms with Crippen LogP contribution >= 0.6 is 0 Å². The summed E-state index contributed by atoms with van der Waals surface area (Å²) < 4.78 is 17.9. The standard InChI is InChI=1S/C11H14FNO2/c1-11(13,7-10(14)15-2)8-5-3-4-6-9(8)12/h3-6H,7,13H2,1-2H3/t11-/m0/s1. The Morgan fingerprint density at radius 1 is 1.53 bits per heavy atom. The number of benzene rings is 1. The molecule has 1 rings (SSSR count). The van der Waals surface area contributed by atoms with Gasteiger partial charge in [0, 0.05) is 5.56 Å². The summed E-state index contributed by atoms with van der Waals surface area (Å²) in [6.45, 7) is 1.60. The molecule has 4 heteroatoms. The largest absolute Gasteiger partial charge is 0.469 e. The number of carbonyl (C=O) groups excluding carboxylic acids is 1. The third kappa shape index (κ3) is 2.76. The van der Waals surface area contributed by atoms with Crippen molar-refractivity contribution in [3.8, 4) is 0 Å². The van der Waals surface area contributed by atoms with Gasteiger partial charge in [0.05, 0.1) is 19.1 Å². The zero-order valence-electron chi connectivity index (χ0n) is 8.79. The Kier molecular flexibility index (Phi) is 3.42. The van der Waals surface area contributed by atoms with E-state index in [2.05, 4.69) is 4.74 Å². The summed E-state index contributed by atoms with van der Waals surface area (Å²) in [6, 6.07) is 6.14. The van der Waals surface area contributed by atoms with E-state index in [9.17, 15) is 9.18 Å². The van der Waals surface area contributed by atoms with Gasteiger partial charge >= 0.3 is 5.97 Å². The summed E-state index contributed by atoms with van der Waals surface area (Å²) in [7, 11) is 1.28. The van der Waals surface area contributed by atoms with Crippen LogP contribution in [-0.4, -0.2) is 13.1 Å². The van der Waals surface area contributed by atoms with Gasteiger partial charge < -0.3 is 10.5 Å². The van der Waals surface area contributed by atoms with Crippen LogP contribution in [0, 0.1) is 5.82 Å². The fraction of sp³-hybridized carbons (Fsp3) is 0.364. The summed E-state index contributed by atoms with van der Waals surface area (Å²) in [5, 5.41) is 0. The number of methoxy groups -OCH3 is 1. The molecule has 2 N–H and O–H groups in total. The topological polar surface area (TPSA) is 52.3 Å². The molecule has 1 aromatic carbocycles. The molecule has 0 radical (unpaired) electrons. The lowest BCUT2D eigenvalue weighted by molar-refractivity contribution is -0.142. The summed E-state index contributed by atoms with van der Waals surface area (Å²) >= 11 is 0. The lowest BCUT2D eigenvalue weighted by atomic mass is 9.89. The highest BCUT2D eigenvalue weighted by molar-refractivity contribution is 5.71. The Labute approximate surface area is 88.0 Å². The Morgan fingerprint density at radius 3 is 2.67 bits per heavy atom. The van der Waals surface area contributed by atoms with Gasteiger partial charge in [-0.1, -0.05) is 18.2 Å². The van der Waals surface area contributed by atoms with Crippen molar-refractivity contribution < 1.29 is 13.9 Å². The number of halogens is 1. The predicted molar refractivity (Wildman–Crippen MR) is 54.6 cm³/mol. The molecular weight excluding hydrogens is 197 g/mol. The molecule has 1 atom stereocenters. The van der Waals surface area contributed by atoms with Crippen LogP contribution in [0.3, 0.4) is 0 Å². The van der Waals surface area contributed by atoms with Crippen LogP contribution in [0.5, 0.6) is 0 Å². The number of hydrogen-bond acceptors (Lipinski definition) is 3. The first-order valence-electron chi connectivity index (χ1n) is 4.58. The molecule has 82 valence electrons. The van der Waals surface area contributed by atoms with E-state index in [0.29, 0.717) is 5.56 Å². The van der Waals surface area contributed by atoms with E-state index in [1.807, 2.05) is 0 Å². The molecule has 0 aliphatic heterocycles. The number of hydrogen-bond donors (Lipinski definition) is 1. The van der Waals surface area contributed by atoms with Gasteiger partial charge in [-0.2, -0.15) is 0 Å². The van der Waals surface area contributed by atoms with Crippen LogP contribution in [0.4, 0.5) is 4.39 Å². The summed E-state index contributed by atoms with van der Waals surface area (Å²) in [4.78, 5) is 11.1. The molecule has 0 unspecified atom stereocenters. The van der Waals surface area contributed by atoms with Gasteiger partial charge in [-0.15, -0.1) is 0 Å².